The van der Waals surface area contributed by atoms with Gasteiger partial charge in [-0.2, -0.15) is 0 Å². The lowest BCUT2D eigenvalue weighted by molar-refractivity contribution is -0.240. The lowest BCUT2D eigenvalue weighted by atomic mass is 9.87. The van der Waals surface area contributed by atoms with Gasteiger partial charge in [-0.1, -0.05) is 51.9 Å². The molecule has 0 aromatic carbocycles. The molecule has 1 aliphatic rings. The first kappa shape index (κ1) is 24.0. The van der Waals surface area contributed by atoms with E-state index in [1.807, 2.05) is 27.7 Å². The molecule has 0 spiro atoms. The standard InChI is InChI=1S/C20H38NO3S2/c1-7-8-9-10-11-12-13-14-15-17-18(16-25-26(6,23)24)20(4,5)21(22)19(17,2)3/h7-16H2,1-6H3. The second-order valence-electron chi connectivity index (χ2n) is 8.56. The van der Waals surface area contributed by atoms with Crippen LogP contribution in [0.2, 0.25) is 0 Å². The van der Waals surface area contributed by atoms with E-state index in [4.69, 9.17) is 0 Å². The molecule has 0 aromatic heterocycles. The largest absolute Gasteiger partial charge is 0.218 e. The van der Waals surface area contributed by atoms with Crippen molar-refractivity contribution in [1.29, 1.82) is 0 Å². The van der Waals surface area contributed by atoms with Gasteiger partial charge < -0.3 is 0 Å². The third kappa shape index (κ3) is 6.54. The minimum atomic E-state index is -3.12. The molecule has 26 heavy (non-hydrogen) atoms. The van der Waals surface area contributed by atoms with E-state index in [2.05, 4.69) is 6.92 Å². The minimum Gasteiger partial charge on any atom is -0.218 e. The van der Waals surface area contributed by atoms with Crippen molar-refractivity contribution in [2.75, 3.05) is 12.0 Å². The highest BCUT2D eigenvalue weighted by atomic mass is 33.1. The average molecular weight is 405 g/mol. The van der Waals surface area contributed by atoms with Gasteiger partial charge in [-0.05, 0) is 62.5 Å². The molecular formula is C20H38NO3S2. The van der Waals surface area contributed by atoms with E-state index in [1.165, 1.54) is 51.2 Å². The van der Waals surface area contributed by atoms with Crippen molar-refractivity contribution >= 4 is 19.7 Å². The smallest absolute Gasteiger partial charge is 0.199 e. The number of hydroxylamine groups is 2. The highest BCUT2D eigenvalue weighted by molar-refractivity contribution is 8.71. The fraction of sp³-hybridized carbons (Fsp3) is 0.900. The molecule has 0 unspecified atom stereocenters. The fourth-order valence-corrected chi connectivity index (χ4v) is 5.86. The molecule has 1 radical (unpaired) electrons. The number of nitrogens with zero attached hydrogens (tertiary/aromatic N) is 1. The first-order valence-electron chi connectivity index (χ1n) is 9.99. The monoisotopic (exact) mass is 404 g/mol. The lowest BCUT2D eigenvalue weighted by Gasteiger charge is -2.34. The Morgan fingerprint density at radius 1 is 0.846 bits per heavy atom. The van der Waals surface area contributed by atoms with Gasteiger partial charge in [0.25, 0.3) is 0 Å². The van der Waals surface area contributed by atoms with Gasteiger partial charge >= 0.3 is 0 Å². The lowest BCUT2D eigenvalue weighted by Crippen LogP contribution is -2.47. The van der Waals surface area contributed by atoms with Crippen LogP contribution in [-0.4, -0.2) is 36.6 Å². The number of hydrogen-bond donors (Lipinski definition) is 0. The maximum Gasteiger partial charge on any atom is 0.199 e. The van der Waals surface area contributed by atoms with Crippen molar-refractivity contribution in [2.45, 2.75) is 103 Å². The first-order valence-corrected chi connectivity index (χ1v) is 13.4. The van der Waals surface area contributed by atoms with Gasteiger partial charge in [0.1, 0.15) is 0 Å². The molecule has 0 aromatic rings. The van der Waals surface area contributed by atoms with E-state index in [1.54, 1.807) is 0 Å². The molecule has 153 valence electrons. The van der Waals surface area contributed by atoms with Crippen molar-refractivity contribution in [3.05, 3.63) is 11.1 Å². The maximum absolute atomic E-state index is 12.8. The molecule has 0 saturated carbocycles. The van der Waals surface area contributed by atoms with Gasteiger partial charge in [0, 0.05) is 12.0 Å². The van der Waals surface area contributed by atoms with E-state index in [-0.39, 0.29) is 0 Å². The van der Waals surface area contributed by atoms with Crippen LogP contribution in [0.3, 0.4) is 0 Å². The van der Waals surface area contributed by atoms with Crippen molar-refractivity contribution < 1.29 is 13.6 Å². The van der Waals surface area contributed by atoms with Crippen LogP contribution in [-0.2, 0) is 14.1 Å². The highest BCUT2D eigenvalue weighted by Crippen LogP contribution is 2.47. The molecule has 0 bridgehead atoms. The average Bonchev–Trinajstić information content (AvgIpc) is 2.65. The predicted molar refractivity (Wildman–Crippen MR) is 112 cm³/mol. The molecular weight excluding hydrogens is 366 g/mol. The molecule has 4 nitrogen and oxygen atoms in total. The van der Waals surface area contributed by atoms with Crippen LogP contribution in [0.1, 0.15) is 92.4 Å². The summed E-state index contributed by atoms with van der Waals surface area (Å²) in [5.41, 5.74) is 0.963. The molecule has 0 N–H and O–H groups in total. The summed E-state index contributed by atoms with van der Waals surface area (Å²) >= 11 is 0. The predicted octanol–water partition coefficient (Wildman–Crippen LogP) is 5.72. The molecule has 0 saturated heterocycles. The van der Waals surface area contributed by atoms with Crippen molar-refractivity contribution in [3.63, 3.8) is 0 Å². The van der Waals surface area contributed by atoms with Gasteiger partial charge in [0.05, 0.1) is 11.1 Å². The normalized spacial score (nSPS) is 20.1. The number of hydrogen-bond acceptors (Lipinski definition) is 4. The van der Waals surface area contributed by atoms with Crippen molar-refractivity contribution in [3.8, 4) is 0 Å². The summed E-state index contributed by atoms with van der Waals surface area (Å²) in [6, 6.07) is 0. The fourth-order valence-electron chi connectivity index (χ4n) is 4.00. The zero-order valence-electron chi connectivity index (χ0n) is 17.6. The Morgan fingerprint density at radius 3 is 1.81 bits per heavy atom. The van der Waals surface area contributed by atoms with Gasteiger partial charge in [-0.15, -0.1) is 10.3 Å². The van der Waals surface area contributed by atoms with Crippen molar-refractivity contribution in [2.24, 2.45) is 0 Å². The summed E-state index contributed by atoms with van der Waals surface area (Å²) in [7, 11) is -2.17. The van der Waals surface area contributed by atoms with Gasteiger partial charge in [-0.25, -0.2) is 8.42 Å². The molecule has 1 aliphatic heterocycles. The molecule has 6 heteroatoms. The van der Waals surface area contributed by atoms with Crippen LogP contribution >= 0.6 is 10.8 Å². The number of unbranched alkanes of at least 4 members (excludes halogenated alkanes) is 7. The maximum atomic E-state index is 12.8. The quantitative estimate of drug-likeness (QED) is 0.237. The van der Waals surface area contributed by atoms with Crippen molar-refractivity contribution in [1.82, 2.24) is 5.06 Å². The topological polar surface area (TPSA) is 57.3 Å². The Hall–Kier alpha value is -0.0400. The van der Waals surface area contributed by atoms with E-state index < -0.39 is 19.9 Å². The van der Waals surface area contributed by atoms with Gasteiger partial charge in [0.2, 0.25) is 0 Å². The second-order valence-corrected chi connectivity index (χ2v) is 13.0. The second kappa shape index (κ2) is 9.94. The third-order valence-electron chi connectivity index (χ3n) is 5.55. The van der Waals surface area contributed by atoms with E-state index in [9.17, 15) is 13.6 Å². The minimum absolute atomic E-state index is 0.389. The molecule has 0 atom stereocenters. The molecule has 1 heterocycles. The highest BCUT2D eigenvalue weighted by Gasteiger charge is 2.51. The van der Waals surface area contributed by atoms with Gasteiger partial charge in [0.15, 0.2) is 8.87 Å². The summed E-state index contributed by atoms with van der Waals surface area (Å²) < 4.78 is 23.2. The van der Waals surface area contributed by atoms with Gasteiger partial charge in [-0.3, -0.25) is 0 Å². The third-order valence-corrected chi connectivity index (χ3v) is 8.03. The summed E-state index contributed by atoms with van der Waals surface area (Å²) in [5, 5.41) is 14.0. The van der Waals surface area contributed by atoms with Crippen LogP contribution in [0.5, 0.6) is 0 Å². The Kier molecular flexibility index (Phi) is 9.18. The van der Waals surface area contributed by atoms with Crippen LogP contribution < -0.4 is 0 Å². The number of rotatable bonds is 12. The molecule has 0 amide bonds. The zero-order chi connectivity index (χ0) is 20.0. The van der Waals surface area contributed by atoms with E-state index in [0.29, 0.717) is 5.75 Å². The Bertz CT molecular complexity index is 580. The van der Waals surface area contributed by atoms with E-state index >= 15 is 0 Å². The Morgan fingerprint density at radius 2 is 1.31 bits per heavy atom. The van der Waals surface area contributed by atoms with Crippen LogP contribution in [0.25, 0.3) is 0 Å². The molecule has 0 fully saturated rings. The Labute approximate surface area is 165 Å². The van der Waals surface area contributed by atoms with Crippen LogP contribution in [0.15, 0.2) is 11.1 Å². The summed E-state index contributed by atoms with van der Waals surface area (Å²) in [6.45, 7) is 10.0. The first-order chi connectivity index (χ1) is 11.9. The Balaban J connectivity index is 2.71. The molecule has 1 rings (SSSR count). The SMILES string of the molecule is CCCCCCCCCCC1=C(CSS(C)(=O)=O)C(C)(C)N([O])C1(C)C. The van der Waals surface area contributed by atoms with Crippen LogP contribution in [0.4, 0.5) is 0 Å². The summed E-state index contributed by atoms with van der Waals surface area (Å²) in [5.74, 6) is 0.389. The van der Waals surface area contributed by atoms with Crippen LogP contribution in [0, 0.1) is 0 Å². The summed E-state index contributed by atoms with van der Waals surface area (Å²) in [6.07, 6.45) is 12.2. The van der Waals surface area contributed by atoms with E-state index in [0.717, 1.165) is 39.8 Å². The zero-order valence-corrected chi connectivity index (χ0v) is 19.2. The molecule has 0 aliphatic carbocycles. The summed E-state index contributed by atoms with van der Waals surface area (Å²) in [4.78, 5) is 0.